The van der Waals surface area contributed by atoms with Crippen LogP contribution in [0.5, 0.6) is 5.75 Å². The molecule has 0 fully saturated rings. The smallest absolute Gasteiger partial charge is 0.338 e. The Morgan fingerprint density at radius 1 is 1.19 bits per heavy atom. The predicted molar refractivity (Wildman–Crippen MR) is 98.4 cm³/mol. The number of hydrogen-bond donors (Lipinski definition) is 1. The molecule has 0 aliphatic carbocycles. The summed E-state index contributed by atoms with van der Waals surface area (Å²) >= 11 is 0. The number of rotatable bonds is 8. The van der Waals surface area contributed by atoms with Gasteiger partial charge in [0.15, 0.2) is 6.61 Å². The molecule has 0 aliphatic rings. The minimum absolute atomic E-state index is 0.360. The first-order valence-corrected chi connectivity index (χ1v) is 8.62. The van der Waals surface area contributed by atoms with E-state index in [1.54, 1.807) is 42.9 Å². The molecule has 0 atom stereocenters. The number of nitrogens with zero attached hydrogens (tertiary/aromatic N) is 2. The zero-order valence-electron chi connectivity index (χ0n) is 15.7. The van der Waals surface area contributed by atoms with Gasteiger partial charge in [-0.1, -0.05) is 13.3 Å². The van der Waals surface area contributed by atoms with Crippen LogP contribution in [0.3, 0.4) is 0 Å². The van der Waals surface area contributed by atoms with Crippen molar-refractivity contribution in [2.75, 3.05) is 18.5 Å². The SMILES string of the molecule is CCCCOc1ccc(C(=O)OCC(=O)Nc2c(C)nn(C)c2C)cc1. The Balaban J connectivity index is 1.84. The summed E-state index contributed by atoms with van der Waals surface area (Å²) in [6.45, 7) is 6.04. The van der Waals surface area contributed by atoms with E-state index in [2.05, 4.69) is 17.3 Å². The van der Waals surface area contributed by atoms with E-state index in [4.69, 9.17) is 9.47 Å². The molecule has 7 nitrogen and oxygen atoms in total. The summed E-state index contributed by atoms with van der Waals surface area (Å²) < 4.78 is 12.3. The van der Waals surface area contributed by atoms with Crippen molar-refractivity contribution in [1.82, 2.24) is 9.78 Å². The Morgan fingerprint density at radius 3 is 2.46 bits per heavy atom. The van der Waals surface area contributed by atoms with E-state index in [1.807, 2.05) is 6.92 Å². The zero-order chi connectivity index (χ0) is 19.1. The van der Waals surface area contributed by atoms with E-state index < -0.39 is 11.9 Å². The first-order valence-electron chi connectivity index (χ1n) is 8.62. The number of benzene rings is 1. The topological polar surface area (TPSA) is 82.4 Å². The number of esters is 1. The highest BCUT2D eigenvalue weighted by Crippen LogP contribution is 2.18. The van der Waals surface area contributed by atoms with E-state index >= 15 is 0 Å². The number of unbranched alkanes of at least 4 members (excludes halogenated alkanes) is 1. The fourth-order valence-electron chi connectivity index (χ4n) is 2.37. The quantitative estimate of drug-likeness (QED) is 0.579. The molecule has 0 saturated carbocycles. The summed E-state index contributed by atoms with van der Waals surface area (Å²) in [5.74, 6) is -0.257. The van der Waals surface area contributed by atoms with Crippen molar-refractivity contribution in [3.63, 3.8) is 0 Å². The van der Waals surface area contributed by atoms with Crippen LogP contribution in [0.2, 0.25) is 0 Å². The monoisotopic (exact) mass is 359 g/mol. The lowest BCUT2D eigenvalue weighted by Crippen LogP contribution is -2.21. The number of hydrogen-bond acceptors (Lipinski definition) is 5. The fourth-order valence-corrected chi connectivity index (χ4v) is 2.37. The molecule has 7 heteroatoms. The first kappa shape index (κ1) is 19.5. The summed E-state index contributed by atoms with van der Waals surface area (Å²) in [7, 11) is 1.80. The van der Waals surface area contributed by atoms with Crippen molar-refractivity contribution in [3.8, 4) is 5.75 Å². The number of ether oxygens (including phenoxy) is 2. The standard InChI is InChI=1S/C19H25N3O4/c1-5-6-11-25-16-9-7-15(8-10-16)19(24)26-12-17(23)20-18-13(2)21-22(4)14(18)3/h7-10H,5-6,11-12H2,1-4H3,(H,20,23). The molecule has 0 aliphatic heterocycles. The maximum atomic E-state index is 12.1. The molecule has 0 saturated heterocycles. The lowest BCUT2D eigenvalue weighted by atomic mass is 10.2. The van der Waals surface area contributed by atoms with E-state index in [1.165, 1.54) is 0 Å². The van der Waals surface area contributed by atoms with Gasteiger partial charge in [-0.05, 0) is 44.5 Å². The molecule has 2 aromatic rings. The van der Waals surface area contributed by atoms with Crippen molar-refractivity contribution >= 4 is 17.6 Å². The van der Waals surface area contributed by atoms with Gasteiger partial charge in [-0.3, -0.25) is 9.48 Å². The third-order valence-electron chi connectivity index (χ3n) is 3.96. The molecule has 1 aromatic heterocycles. The van der Waals surface area contributed by atoms with E-state index in [0.717, 1.165) is 18.5 Å². The second-order valence-corrected chi connectivity index (χ2v) is 6.02. The maximum Gasteiger partial charge on any atom is 0.338 e. The lowest BCUT2D eigenvalue weighted by Gasteiger charge is -2.08. The van der Waals surface area contributed by atoms with E-state index in [9.17, 15) is 9.59 Å². The number of amides is 1. The molecule has 1 N–H and O–H groups in total. The number of carbonyl (C=O) groups excluding carboxylic acids is 2. The highest BCUT2D eigenvalue weighted by molar-refractivity contribution is 5.96. The molecule has 0 spiro atoms. The number of aryl methyl sites for hydroxylation is 2. The summed E-state index contributed by atoms with van der Waals surface area (Å²) in [5.41, 5.74) is 2.56. The van der Waals surface area contributed by atoms with Gasteiger partial charge in [-0.15, -0.1) is 0 Å². The van der Waals surface area contributed by atoms with Gasteiger partial charge in [0, 0.05) is 7.05 Å². The van der Waals surface area contributed by atoms with Crippen LogP contribution < -0.4 is 10.1 Å². The van der Waals surface area contributed by atoms with Gasteiger partial charge in [-0.2, -0.15) is 5.10 Å². The minimum atomic E-state index is -0.556. The molecule has 0 bridgehead atoms. The van der Waals surface area contributed by atoms with Gasteiger partial charge in [0.05, 0.1) is 29.2 Å². The Kier molecular flexibility index (Phi) is 6.77. The number of aromatic nitrogens is 2. The molecule has 1 aromatic carbocycles. The van der Waals surface area contributed by atoms with Crippen molar-refractivity contribution < 1.29 is 19.1 Å². The van der Waals surface area contributed by atoms with Crippen LogP contribution in [0.15, 0.2) is 24.3 Å². The summed E-state index contributed by atoms with van der Waals surface area (Å²) in [6.07, 6.45) is 2.04. The van der Waals surface area contributed by atoms with Crippen LogP contribution >= 0.6 is 0 Å². The highest BCUT2D eigenvalue weighted by Gasteiger charge is 2.15. The normalized spacial score (nSPS) is 10.5. The molecular formula is C19H25N3O4. The molecule has 140 valence electrons. The number of anilines is 1. The fraction of sp³-hybridized carbons (Fsp3) is 0.421. The Hall–Kier alpha value is -2.83. The van der Waals surface area contributed by atoms with Crippen LogP contribution in [0.4, 0.5) is 5.69 Å². The third-order valence-corrected chi connectivity index (χ3v) is 3.96. The van der Waals surface area contributed by atoms with Crippen molar-refractivity contribution in [1.29, 1.82) is 0 Å². The van der Waals surface area contributed by atoms with Crippen molar-refractivity contribution in [2.45, 2.75) is 33.6 Å². The molecular weight excluding hydrogens is 334 g/mol. The summed E-state index contributed by atoms with van der Waals surface area (Å²) in [4.78, 5) is 24.1. The molecule has 1 heterocycles. The molecule has 0 radical (unpaired) electrons. The summed E-state index contributed by atoms with van der Waals surface area (Å²) in [6, 6.07) is 6.68. The van der Waals surface area contributed by atoms with Crippen LogP contribution in [-0.4, -0.2) is 34.9 Å². The number of carbonyl (C=O) groups is 2. The average Bonchev–Trinajstić information content (AvgIpc) is 2.86. The zero-order valence-corrected chi connectivity index (χ0v) is 15.7. The Bertz CT molecular complexity index is 766. The van der Waals surface area contributed by atoms with Crippen LogP contribution in [0.25, 0.3) is 0 Å². The van der Waals surface area contributed by atoms with Gasteiger partial charge in [0.25, 0.3) is 5.91 Å². The van der Waals surface area contributed by atoms with Crippen molar-refractivity contribution in [3.05, 3.63) is 41.2 Å². The van der Waals surface area contributed by atoms with Gasteiger partial charge in [-0.25, -0.2) is 4.79 Å². The average molecular weight is 359 g/mol. The van der Waals surface area contributed by atoms with Crippen LogP contribution in [0.1, 0.15) is 41.5 Å². The van der Waals surface area contributed by atoms with Gasteiger partial charge >= 0.3 is 5.97 Å². The van der Waals surface area contributed by atoms with E-state index in [0.29, 0.717) is 29.3 Å². The van der Waals surface area contributed by atoms with Crippen LogP contribution in [0, 0.1) is 13.8 Å². The first-order chi connectivity index (χ1) is 12.4. The van der Waals surface area contributed by atoms with E-state index in [-0.39, 0.29) is 6.61 Å². The second-order valence-electron chi connectivity index (χ2n) is 6.02. The van der Waals surface area contributed by atoms with Crippen LogP contribution in [-0.2, 0) is 16.6 Å². The lowest BCUT2D eigenvalue weighted by molar-refractivity contribution is -0.119. The van der Waals surface area contributed by atoms with Crippen molar-refractivity contribution in [2.24, 2.45) is 7.05 Å². The third kappa shape index (κ3) is 5.08. The largest absolute Gasteiger partial charge is 0.494 e. The van der Waals surface area contributed by atoms with Gasteiger partial charge in [0.2, 0.25) is 0 Å². The Morgan fingerprint density at radius 2 is 1.88 bits per heavy atom. The highest BCUT2D eigenvalue weighted by atomic mass is 16.5. The number of nitrogens with one attached hydrogen (secondary N) is 1. The maximum absolute atomic E-state index is 12.1. The predicted octanol–water partition coefficient (Wildman–Crippen LogP) is 3.01. The van der Waals surface area contributed by atoms with Gasteiger partial charge in [0.1, 0.15) is 5.75 Å². The Labute approximate surface area is 153 Å². The molecule has 1 amide bonds. The summed E-state index contributed by atoms with van der Waals surface area (Å²) in [5, 5.41) is 6.95. The van der Waals surface area contributed by atoms with Gasteiger partial charge < -0.3 is 14.8 Å². The minimum Gasteiger partial charge on any atom is -0.494 e. The molecule has 2 rings (SSSR count). The molecule has 0 unspecified atom stereocenters. The molecule has 26 heavy (non-hydrogen) atoms. The second kappa shape index (κ2) is 9.03.